The molecule has 2 aromatic carbocycles. The van der Waals surface area contributed by atoms with E-state index in [2.05, 4.69) is 4.98 Å². The van der Waals surface area contributed by atoms with Crippen molar-refractivity contribution in [2.45, 2.75) is 0 Å². The third-order valence-electron chi connectivity index (χ3n) is 3.17. The van der Waals surface area contributed by atoms with E-state index >= 15 is 0 Å². The van der Waals surface area contributed by atoms with E-state index < -0.39 is 0 Å². The zero-order valence-electron chi connectivity index (χ0n) is 10.7. The molecule has 3 rings (SSSR count). The number of fused-ring (bicyclic) bond motifs is 1. The SMILES string of the molecule is O=C(/C=C/c1ccc(O)cc1)c1c[nH]c2ccccc12. The van der Waals surface area contributed by atoms with Gasteiger partial charge in [0.1, 0.15) is 5.75 Å². The molecule has 3 nitrogen and oxygen atoms in total. The first-order valence-corrected chi connectivity index (χ1v) is 6.31. The second-order valence-corrected chi connectivity index (χ2v) is 4.54. The normalized spacial score (nSPS) is 11.2. The fourth-order valence-corrected chi connectivity index (χ4v) is 2.12. The summed E-state index contributed by atoms with van der Waals surface area (Å²) >= 11 is 0. The van der Waals surface area contributed by atoms with Crippen LogP contribution in [0, 0.1) is 0 Å². The van der Waals surface area contributed by atoms with Gasteiger partial charge in [-0.2, -0.15) is 0 Å². The molecule has 3 heteroatoms. The Bertz CT molecular complexity index is 782. The van der Waals surface area contributed by atoms with Gasteiger partial charge in [0.15, 0.2) is 5.78 Å². The summed E-state index contributed by atoms with van der Waals surface area (Å²) in [5, 5.41) is 10.1. The number of aromatic amines is 1. The summed E-state index contributed by atoms with van der Waals surface area (Å²) in [5.74, 6) is 0.167. The minimum atomic E-state index is -0.0458. The van der Waals surface area contributed by atoms with Gasteiger partial charge < -0.3 is 10.1 Å². The first-order valence-electron chi connectivity index (χ1n) is 6.31. The summed E-state index contributed by atoms with van der Waals surface area (Å²) < 4.78 is 0. The summed E-state index contributed by atoms with van der Waals surface area (Å²) in [6.45, 7) is 0. The molecule has 3 aromatic rings. The lowest BCUT2D eigenvalue weighted by Gasteiger charge is -1.95. The van der Waals surface area contributed by atoms with E-state index in [9.17, 15) is 9.90 Å². The third-order valence-corrected chi connectivity index (χ3v) is 3.17. The van der Waals surface area contributed by atoms with Crippen LogP contribution in [0.15, 0.2) is 60.8 Å². The van der Waals surface area contributed by atoms with Crippen LogP contribution in [-0.2, 0) is 0 Å². The highest BCUT2D eigenvalue weighted by Crippen LogP contribution is 2.19. The lowest BCUT2D eigenvalue weighted by molar-refractivity contribution is 0.104. The molecule has 0 saturated carbocycles. The maximum absolute atomic E-state index is 12.2. The van der Waals surface area contributed by atoms with Crippen LogP contribution in [0.3, 0.4) is 0 Å². The van der Waals surface area contributed by atoms with Crippen LogP contribution in [0.2, 0.25) is 0 Å². The van der Waals surface area contributed by atoms with Gasteiger partial charge in [-0.3, -0.25) is 4.79 Å². The number of H-pyrrole nitrogens is 1. The van der Waals surface area contributed by atoms with Gasteiger partial charge in [0.05, 0.1) is 0 Å². The summed E-state index contributed by atoms with van der Waals surface area (Å²) in [6.07, 6.45) is 5.01. The van der Waals surface area contributed by atoms with Crippen molar-refractivity contribution in [2.24, 2.45) is 0 Å². The van der Waals surface area contributed by atoms with Crippen molar-refractivity contribution in [2.75, 3.05) is 0 Å². The van der Waals surface area contributed by atoms with Gasteiger partial charge in [-0.15, -0.1) is 0 Å². The third kappa shape index (κ3) is 2.34. The largest absolute Gasteiger partial charge is 0.508 e. The standard InChI is InChI=1S/C17H13NO2/c19-13-8-5-12(6-9-13)7-10-17(20)15-11-18-16-4-2-1-3-14(15)16/h1-11,18-19H/b10-7+. The molecule has 1 heterocycles. The van der Waals surface area contributed by atoms with E-state index in [1.807, 2.05) is 24.3 Å². The van der Waals surface area contributed by atoms with E-state index in [-0.39, 0.29) is 11.5 Å². The Hall–Kier alpha value is -2.81. The van der Waals surface area contributed by atoms with Crippen LogP contribution in [0.4, 0.5) is 0 Å². The second kappa shape index (κ2) is 5.05. The van der Waals surface area contributed by atoms with E-state index in [4.69, 9.17) is 0 Å². The van der Waals surface area contributed by atoms with Crippen LogP contribution in [0.25, 0.3) is 17.0 Å². The van der Waals surface area contributed by atoms with Crippen molar-refractivity contribution in [3.05, 3.63) is 71.9 Å². The maximum Gasteiger partial charge on any atom is 0.187 e. The van der Waals surface area contributed by atoms with Gasteiger partial charge in [-0.05, 0) is 29.8 Å². The summed E-state index contributed by atoms with van der Waals surface area (Å²) in [5.41, 5.74) is 2.49. The van der Waals surface area contributed by atoms with Crippen LogP contribution < -0.4 is 0 Å². The molecule has 0 unspecified atom stereocenters. The van der Waals surface area contributed by atoms with E-state index in [1.54, 1.807) is 42.6 Å². The van der Waals surface area contributed by atoms with Crippen molar-refractivity contribution in [3.8, 4) is 5.75 Å². The number of phenols is 1. The monoisotopic (exact) mass is 263 g/mol. The molecule has 1 aromatic heterocycles. The number of phenolic OH excluding ortho intramolecular Hbond substituents is 1. The Morgan fingerprint density at radius 3 is 2.60 bits per heavy atom. The van der Waals surface area contributed by atoms with Gasteiger partial charge in [-0.1, -0.05) is 36.4 Å². The average molecular weight is 263 g/mol. The van der Waals surface area contributed by atoms with Crippen molar-refractivity contribution in [1.29, 1.82) is 0 Å². The number of hydrogen-bond donors (Lipinski definition) is 2. The highest BCUT2D eigenvalue weighted by Gasteiger charge is 2.08. The smallest absolute Gasteiger partial charge is 0.187 e. The van der Waals surface area contributed by atoms with E-state index in [0.29, 0.717) is 5.56 Å². The quantitative estimate of drug-likeness (QED) is 0.558. The number of aromatic nitrogens is 1. The number of allylic oxidation sites excluding steroid dienone is 1. The number of rotatable bonds is 3. The van der Waals surface area contributed by atoms with E-state index in [0.717, 1.165) is 16.5 Å². The molecule has 0 radical (unpaired) electrons. The van der Waals surface area contributed by atoms with Crippen molar-refractivity contribution >= 4 is 22.8 Å². The summed E-state index contributed by atoms with van der Waals surface area (Å²) in [6, 6.07) is 14.4. The molecule has 0 fully saturated rings. The Labute approximate surface area is 116 Å². The Morgan fingerprint density at radius 1 is 1.05 bits per heavy atom. The van der Waals surface area contributed by atoms with Crippen molar-refractivity contribution in [3.63, 3.8) is 0 Å². The zero-order chi connectivity index (χ0) is 13.9. The highest BCUT2D eigenvalue weighted by atomic mass is 16.3. The highest BCUT2D eigenvalue weighted by molar-refractivity contribution is 6.14. The molecule has 98 valence electrons. The molecular formula is C17H13NO2. The molecule has 0 aliphatic heterocycles. The van der Waals surface area contributed by atoms with Gasteiger partial charge in [0.25, 0.3) is 0 Å². The van der Waals surface area contributed by atoms with Crippen molar-refractivity contribution < 1.29 is 9.90 Å². The minimum absolute atomic E-state index is 0.0458. The van der Waals surface area contributed by atoms with Gasteiger partial charge in [0.2, 0.25) is 0 Å². The number of benzene rings is 2. The number of ketones is 1. The van der Waals surface area contributed by atoms with Crippen LogP contribution in [-0.4, -0.2) is 15.9 Å². The first kappa shape index (κ1) is 12.2. The van der Waals surface area contributed by atoms with Crippen LogP contribution in [0.5, 0.6) is 5.75 Å². The predicted octanol–water partition coefficient (Wildman–Crippen LogP) is 3.77. The van der Waals surface area contributed by atoms with Crippen LogP contribution in [0.1, 0.15) is 15.9 Å². The van der Waals surface area contributed by atoms with E-state index in [1.165, 1.54) is 0 Å². The number of hydrogen-bond acceptors (Lipinski definition) is 2. The Balaban J connectivity index is 1.87. The summed E-state index contributed by atoms with van der Waals surface area (Å²) in [7, 11) is 0. The molecule has 0 spiro atoms. The maximum atomic E-state index is 12.2. The molecule has 0 atom stereocenters. The molecular weight excluding hydrogens is 250 g/mol. The average Bonchev–Trinajstić information content (AvgIpc) is 2.90. The first-order chi connectivity index (χ1) is 9.74. The molecule has 20 heavy (non-hydrogen) atoms. The number of carbonyl (C=O) groups excluding carboxylic acids is 1. The lowest BCUT2D eigenvalue weighted by atomic mass is 10.1. The lowest BCUT2D eigenvalue weighted by Crippen LogP contribution is -1.91. The fourth-order valence-electron chi connectivity index (χ4n) is 2.12. The fraction of sp³-hybridized carbons (Fsp3) is 0. The summed E-state index contributed by atoms with van der Waals surface area (Å²) in [4.78, 5) is 15.3. The van der Waals surface area contributed by atoms with Crippen LogP contribution >= 0.6 is 0 Å². The number of carbonyl (C=O) groups is 1. The molecule has 0 aliphatic rings. The van der Waals surface area contributed by atoms with Gasteiger partial charge in [0, 0.05) is 22.7 Å². The number of para-hydroxylation sites is 1. The van der Waals surface area contributed by atoms with Gasteiger partial charge >= 0.3 is 0 Å². The van der Waals surface area contributed by atoms with Crippen molar-refractivity contribution in [1.82, 2.24) is 4.98 Å². The Kier molecular flexibility index (Phi) is 3.09. The number of nitrogens with one attached hydrogen (secondary N) is 1. The molecule has 2 N–H and O–H groups in total. The molecule has 0 amide bonds. The topological polar surface area (TPSA) is 53.1 Å². The Morgan fingerprint density at radius 2 is 1.80 bits per heavy atom. The second-order valence-electron chi connectivity index (χ2n) is 4.54. The number of aromatic hydroxyl groups is 1. The predicted molar refractivity (Wildman–Crippen MR) is 79.8 cm³/mol. The zero-order valence-corrected chi connectivity index (χ0v) is 10.7. The molecule has 0 saturated heterocycles. The molecule has 0 aliphatic carbocycles. The molecule has 0 bridgehead atoms. The minimum Gasteiger partial charge on any atom is -0.508 e. The van der Waals surface area contributed by atoms with Gasteiger partial charge in [-0.25, -0.2) is 0 Å².